The van der Waals surface area contributed by atoms with E-state index in [1.54, 1.807) is 0 Å². The highest BCUT2D eigenvalue weighted by atomic mass is 32.1. The molecule has 1 saturated heterocycles. The molecule has 0 aromatic carbocycles. The molecule has 7 N–H and O–H groups in total. The lowest BCUT2D eigenvalue weighted by atomic mass is 10.1. The standard InChI is InChI=1S/C13H18N4O11P2S/c14-7-1-3-17(13(20)16-7)11-9(19)8(18)6(27-11)5-26-30(24,25)28-12(29(21,22)23)10-15-2-4-31-10/h1-4,6,8-9,11-12,18-19H,5H2,(H,24,25)(H2,14,16,20)(H2,21,22,23)/t6-,8-,9-,11-,12?/m1/s1. The van der Waals surface area contributed by atoms with Crippen LogP contribution in [0.4, 0.5) is 5.82 Å². The first-order valence-electron chi connectivity index (χ1n) is 8.35. The third-order valence-electron chi connectivity index (χ3n) is 4.07. The predicted molar refractivity (Wildman–Crippen MR) is 103 cm³/mol. The summed E-state index contributed by atoms with van der Waals surface area (Å²) >= 11 is 0.782. The van der Waals surface area contributed by atoms with Crippen molar-refractivity contribution in [3.8, 4) is 0 Å². The van der Waals surface area contributed by atoms with Gasteiger partial charge in [-0.15, -0.1) is 11.3 Å². The maximum absolute atomic E-state index is 12.2. The van der Waals surface area contributed by atoms with E-state index >= 15 is 0 Å². The molecule has 2 aromatic rings. The normalized spacial score (nSPS) is 27.1. The van der Waals surface area contributed by atoms with Gasteiger partial charge in [-0.1, -0.05) is 0 Å². The number of aliphatic hydroxyl groups excluding tert-OH is 2. The minimum atomic E-state index is -5.09. The first-order chi connectivity index (χ1) is 14.4. The van der Waals surface area contributed by atoms with Crippen LogP contribution in [-0.4, -0.2) is 64.3 Å². The third kappa shape index (κ3) is 5.63. The fourth-order valence-electron chi connectivity index (χ4n) is 2.65. The molecule has 2 aromatic heterocycles. The topological polar surface area (TPSA) is 237 Å². The SMILES string of the molecule is Nc1ccn([C@@H]2O[C@H](COP(=O)(O)OC(c3nccs3)P(=O)(O)O)[C@@H](O)[C@H]2O)c(=O)n1. The van der Waals surface area contributed by atoms with E-state index in [0.29, 0.717) is 0 Å². The lowest BCUT2D eigenvalue weighted by Crippen LogP contribution is -2.36. The van der Waals surface area contributed by atoms with Crippen LogP contribution in [0.15, 0.2) is 28.6 Å². The van der Waals surface area contributed by atoms with Crippen molar-refractivity contribution in [1.82, 2.24) is 14.5 Å². The summed E-state index contributed by atoms with van der Waals surface area (Å²) in [5.41, 5.74) is 4.51. The maximum atomic E-state index is 12.2. The largest absolute Gasteiger partial charge is 0.473 e. The lowest BCUT2D eigenvalue weighted by molar-refractivity contribution is -0.0556. The molecule has 18 heteroatoms. The number of nitrogens with two attached hydrogens (primary N) is 1. The van der Waals surface area contributed by atoms with Crippen molar-refractivity contribution in [1.29, 1.82) is 0 Å². The number of ether oxygens (including phenoxy) is 1. The van der Waals surface area contributed by atoms with E-state index in [2.05, 4.69) is 14.5 Å². The average Bonchev–Trinajstić information content (AvgIpc) is 3.28. The first kappa shape index (κ1) is 24.1. The van der Waals surface area contributed by atoms with Crippen molar-refractivity contribution in [3.63, 3.8) is 0 Å². The number of phosphoric ester groups is 1. The van der Waals surface area contributed by atoms with Crippen LogP contribution in [0.25, 0.3) is 0 Å². The third-order valence-corrected chi connectivity index (χ3v) is 7.14. The number of phosphoric acid groups is 1. The molecule has 1 aliphatic rings. The number of aromatic nitrogens is 3. The predicted octanol–water partition coefficient (Wildman–Crippen LogP) is -1.09. The molecule has 1 aliphatic heterocycles. The second kappa shape index (κ2) is 9.13. The highest BCUT2D eigenvalue weighted by Crippen LogP contribution is 2.61. The summed E-state index contributed by atoms with van der Waals surface area (Å²) in [6.07, 6.45) is -3.69. The van der Waals surface area contributed by atoms with Crippen LogP contribution >= 0.6 is 26.8 Å². The van der Waals surface area contributed by atoms with Crippen molar-refractivity contribution < 1.29 is 47.8 Å². The minimum Gasteiger partial charge on any atom is -0.387 e. The Kier molecular flexibility index (Phi) is 7.10. The van der Waals surface area contributed by atoms with E-state index in [0.717, 1.165) is 15.9 Å². The minimum absolute atomic E-state index is 0.0765. The van der Waals surface area contributed by atoms with Gasteiger partial charge in [0.2, 0.25) is 5.85 Å². The summed E-state index contributed by atoms with van der Waals surface area (Å²) < 4.78 is 39.3. The van der Waals surface area contributed by atoms with E-state index in [4.69, 9.17) is 15.0 Å². The number of rotatable bonds is 8. The summed E-state index contributed by atoms with van der Waals surface area (Å²) in [5.74, 6) is -2.23. The zero-order chi connectivity index (χ0) is 23.0. The molecular formula is C13H18N4O11P2S. The monoisotopic (exact) mass is 500 g/mol. The van der Waals surface area contributed by atoms with Gasteiger partial charge in [0.15, 0.2) is 6.23 Å². The van der Waals surface area contributed by atoms with Crippen molar-refractivity contribution in [2.45, 2.75) is 30.4 Å². The highest BCUT2D eigenvalue weighted by Gasteiger charge is 2.46. The summed E-state index contributed by atoms with van der Waals surface area (Å²) in [6, 6.07) is 1.25. The molecule has 15 nitrogen and oxygen atoms in total. The Morgan fingerprint density at radius 1 is 1.29 bits per heavy atom. The number of thiazole rings is 1. The van der Waals surface area contributed by atoms with Gasteiger partial charge in [-0.05, 0) is 6.07 Å². The van der Waals surface area contributed by atoms with Gasteiger partial charge in [-0.3, -0.25) is 18.2 Å². The smallest absolute Gasteiger partial charge is 0.387 e. The molecule has 0 spiro atoms. The van der Waals surface area contributed by atoms with Gasteiger partial charge in [0.1, 0.15) is 29.1 Å². The molecule has 31 heavy (non-hydrogen) atoms. The fourth-order valence-corrected chi connectivity index (χ4v) is 5.81. The maximum Gasteiger partial charge on any atom is 0.473 e. The zero-order valence-electron chi connectivity index (χ0n) is 15.3. The van der Waals surface area contributed by atoms with Crippen LogP contribution in [0.2, 0.25) is 0 Å². The van der Waals surface area contributed by atoms with E-state index in [1.165, 1.54) is 23.8 Å². The Hall–Kier alpha value is -1.55. The molecule has 0 bridgehead atoms. The molecule has 0 amide bonds. The van der Waals surface area contributed by atoms with Crippen molar-refractivity contribution >= 4 is 32.6 Å². The van der Waals surface area contributed by atoms with E-state index < -0.39 is 58.1 Å². The molecule has 2 unspecified atom stereocenters. The first-order valence-corrected chi connectivity index (χ1v) is 12.4. The van der Waals surface area contributed by atoms with Gasteiger partial charge in [0.05, 0.1) is 6.61 Å². The molecule has 1 fully saturated rings. The van der Waals surface area contributed by atoms with Gasteiger partial charge in [-0.25, -0.2) is 14.3 Å². The van der Waals surface area contributed by atoms with Crippen molar-refractivity contribution in [2.24, 2.45) is 0 Å². The Labute approximate surface area is 177 Å². The molecule has 0 saturated carbocycles. The molecule has 3 rings (SSSR count). The van der Waals surface area contributed by atoms with Crippen LogP contribution < -0.4 is 11.4 Å². The van der Waals surface area contributed by atoms with Crippen molar-refractivity contribution in [3.05, 3.63) is 39.3 Å². The molecule has 172 valence electrons. The molecular weight excluding hydrogens is 482 g/mol. The average molecular weight is 500 g/mol. The number of anilines is 1. The fraction of sp³-hybridized carbons (Fsp3) is 0.462. The Bertz CT molecular complexity index is 1060. The molecule has 3 heterocycles. The second-order valence-electron chi connectivity index (χ2n) is 6.27. The van der Waals surface area contributed by atoms with Gasteiger partial charge in [0.25, 0.3) is 0 Å². The van der Waals surface area contributed by atoms with Crippen molar-refractivity contribution in [2.75, 3.05) is 12.3 Å². The zero-order valence-corrected chi connectivity index (χ0v) is 17.9. The van der Waals surface area contributed by atoms with E-state index in [-0.39, 0.29) is 10.8 Å². The molecule has 0 aliphatic carbocycles. The van der Waals surface area contributed by atoms with Gasteiger partial charge in [0, 0.05) is 17.8 Å². The number of nitrogen functional groups attached to an aromatic ring is 1. The van der Waals surface area contributed by atoms with Crippen LogP contribution in [0.1, 0.15) is 17.1 Å². The van der Waals surface area contributed by atoms with Crippen LogP contribution in [0.5, 0.6) is 0 Å². The number of hydrogen-bond donors (Lipinski definition) is 6. The molecule has 6 atom stereocenters. The number of hydrogen-bond acceptors (Lipinski definition) is 12. The van der Waals surface area contributed by atoms with Gasteiger partial charge < -0.3 is 35.4 Å². The summed E-state index contributed by atoms with van der Waals surface area (Å²) in [6.45, 7) is -0.828. The molecule has 0 radical (unpaired) electrons. The number of nitrogens with zero attached hydrogens (tertiary/aromatic N) is 3. The summed E-state index contributed by atoms with van der Waals surface area (Å²) in [5, 5.41) is 21.4. The summed E-state index contributed by atoms with van der Waals surface area (Å²) in [4.78, 5) is 47.7. The lowest BCUT2D eigenvalue weighted by Gasteiger charge is -2.21. The van der Waals surface area contributed by atoms with Gasteiger partial charge in [-0.2, -0.15) is 4.98 Å². The Morgan fingerprint density at radius 3 is 2.58 bits per heavy atom. The quantitative estimate of drug-likeness (QED) is 0.236. The van der Waals surface area contributed by atoms with E-state index in [1.807, 2.05) is 0 Å². The van der Waals surface area contributed by atoms with E-state index in [9.17, 15) is 38.8 Å². The number of aliphatic hydroxyl groups is 2. The van der Waals surface area contributed by atoms with Crippen LogP contribution in [0, 0.1) is 0 Å². The summed E-state index contributed by atoms with van der Waals surface area (Å²) in [7, 11) is -10.1. The highest BCUT2D eigenvalue weighted by molar-refractivity contribution is 7.54. The van der Waals surface area contributed by atoms with Crippen LogP contribution in [-0.2, 0) is 22.9 Å². The van der Waals surface area contributed by atoms with Gasteiger partial charge >= 0.3 is 21.1 Å². The van der Waals surface area contributed by atoms with Crippen LogP contribution in [0.3, 0.4) is 0 Å². The Balaban J connectivity index is 1.69. The Morgan fingerprint density at radius 2 is 2.00 bits per heavy atom. The second-order valence-corrected chi connectivity index (χ2v) is 10.2.